The van der Waals surface area contributed by atoms with E-state index in [0.29, 0.717) is 12.8 Å². The van der Waals surface area contributed by atoms with Crippen molar-refractivity contribution in [1.82, 2.24) is 0 Å². The number of rotatable bonds is 26. The van der Waals surface area contributed by atoms with Crippen LogP contribution in [-0.2, 0) is 0 Å². The zero-order chi connectivity index (χ0) is 23.7. The summed E-state index contributed by atoms with van der Waals surface area (Å²) in [5.41, 5.74) is 0. The Morgan fingerprint density at radius 1 is 0.375 bits per heavy atom. The summed E-state index contributed by atoms with van der Waals surface area (Å²) >= 11 is 0. The first kappa shape index (κ1) is 31.9. The predicted octanol–water partition coefficient (Wildman–Crippen LogP) is 8.47. The van der Waals surface area contributed by atoms with Crippen molar-refractivity contribution in [2.24, 2.45) is 0 Å². The summed E-state index contributed by atoms with van der Waals surface area (Å²) in [6.45, 7) is 4.45. The lowest BCUT2D eigenvalue weighted by Gasteiger charge is -2.20. The van der Waals surface area contributed by atoms with E-state index in [1.807, 2.05) is 0 Å². The molecule has 0 radical (unpaired) electrons. The van der Waals surface area contributed by atoms with Crippen LogP contribution in [0.5, 0.6) is 0 Å². The molecule has 3 nitrogen and oxygen atoms in total. The van der Waals surface area contributed by atoms with Gasteiger partial charge in [0.15, 0.2) is 0 Å². The Morgan fingerprint density at radius 2 is 0.688 bits per heavy atom. The van der Waals surface area contributed by atoms with Gasteiger partial charge in [0.1, 0.15) is 0 Å². The SMILES string of the molecule is CCCCCCCCCCCCCCCCCCCC(O)CC(O)C(O)CCCCCC. The van der Waals surface area contributed by atoms with Crippen LogP contribution in [-0.4, -0.2) is 33.6 Å². The molecule has 0 aliphatic heterocycles. The van der Waals surface area contributed by atoms with Crippen LogP contribution in [0.3, 0.4) is 0 Å². The maximum atomic E-state index is 10.1. The molecular formula is C29H60O3. The number of aliphatic hydroxyl groups is 3. The Balaban J connectivity index is 3.32. The molecule has 0 aromatic heterocycles. The third kappa shape index (κ3) is 23.1. The molecule has 3 atom stereocenters. The topological polar surface area (TPSA) is 60.7 Å². The predicted molar refractivity (Wildman–Crippen MR) is 140 cm³/mol. The summed E-state index contributed by atoms with van der Waals surface area (Å²) in [4.78, 5) is 0. The largest absolute Gasteiger partial charge is 0.393 e. The first-order valence-electron chi connectivity index (χ1n) is 14.7. The molecular weight excluding hydrogens is 396 g/mol. The first-order valence-corrected chi connectivity index (χ1v) is 14.7. The zero-order valence-corrected chi connectivity index (χ0v) is 22.0. The number of hydrogen-bond acceptors (Lipinski definition) is 3. The molecule has 0 bridgehead atoms. The van der Waals surface area contributed by atoms with Gasteiger partial charge in [-0.15, -0.1) is 0 Å². The Labute approximate surface area is 201 Å². The fraction of sp³-hybridized carbons (Fsp3) is 1.00. The summed E-state index contributed by atoms with van der Waals surface area (Å²) in [7, 11) is 0. The summed E-state index contributed by atoms with van der Waals surface area (Å²) < 4.78 is 0. The van der Waals surface area contributed by atoms with Crippen LogP contribution in [0.4, 0.5) is 0 Å². The Bertz CT molecular complexity index is 347. The fourth-order valence-corrected chi connectivity index (χ4v) is 4.63. The monoisotopic (exact) mass is 456 g/mol. The Kier molecular flexibility index (Phi) is 25.4. The lowest BCUT2D eigenvalue weighted by Crippen LogP contribution is -2.30. The van der Waals surface area contributed by atoms with Gasteiger partial charge in [-0.1, -0.05) is 149 Å². The summed E-state index contributed by atoms with van der Waals surface area (Å²) in [5, 5.41) is 30.2. The lowest BCUT2D eigenvalue weighted by atomic mass is 9.98. The minimum absolute atomic E-state index is 0.313. The van der Waals surface area contributed by atoms with Gasteiger partial charge < -0.3 is 15.3 Å². The summed E-state index contributed by atoms with van der Waals surface area (Å²) in [6, 6.07) is 0. The van der Waals surface area contributed by atoms with Crippen molar-refractivity contribution in [1.29, 1.82) is 0 Å². The molecule has 0 aliphatic rings. The van der Waals surface area contributed by atoms with Crippen LogP contribution in [0.1, 0.15) is 168 Å². The van der Waals surface area contributed by atoms with E-state index in [2.05, 4.69) is 13.8 Å². The molecule has 0 aliphatic carbocycles. The number of hydrogen-bond donors (Lipinski definition) is 3. The van der Waals surface area contributed by atoms with Crippen LogP contribution in [0.25, 0.3) is 0 Å². The summed E-state index contributed by atoms with van der Waals surface area (Å²) in [5.74, 6) is 0. The van der Waals surface area contributed by atoms with Gasteiger partial charge in [0.2, 0.25) is 0 Å². The van der Waals surface area contributed by atoms with E-state index >= 15 is 0 Å². The molecule has 3 unspecified atom stereocenters. The Morgan fingerprint density at radius 3 is 1.09 bits per heavy atom. The average molecular weight is 457 g/mol. The highest BCUT2D eigenvalue weighted by Gasteiger charge is 2.19. The van der Waals surface area contributed by atoms with E-state index in [0.717, 1.165) is 25.7 Å². The second-order valence-corrected chi connectivity index (χ2v) is 10.3. The van der Waals surface area contributed by atoms with Crippen molar-refractivity contribution in [2.45, 2.75) is 186 Å². The average Bonchev–Trinajstić information content (AvgIpc) is 2.78. The van der Waals surface area contributed by atoms with Gasteiger partial charge in [-0.3, -0.25) is 0 Å². The number of unbranched alkanes of at least 4 members (excludes halogenated alkanes) is 19. The molecule has 32 heavy (non-hydrogen) atoms. The van der Waals surface area contributed by atoms with Crippen molar-refractivity contribution in [3.63, 3.8) is 0 Å². The second kappa shape index (κ2) is 25.5. The molecule has 0 aromatic carbocycles. The standard InChI is InChI=1S/C29H60O3/c1-3-5-7-9-10-11-12-13-14-15-16-17-18-19-20-21-22-24-27(30)26-29(32)28(31)25-23-8-6-4-2/h27-32H,3-26H2,1-2H3. The molecule has 3 heteroatoms. The summed E-state index contributed by atoms with van der Waals surface area (Å²) in [6.07, 6.45) is 27.3. The smallest absolute Gasteiger partial charge is 0.0823 e. The maximum absolute atomic E-state index is 10.1. The van der Waals surface area contributed by atoms with Crippen LogP contribution in [0.2, 0.25) is 0 Å². The molecule has 0 fully saturated rings. The van der Waals surface area contributed by atoms with Crippen molar-refractivity contribution < 1.29 is 15.3 Å². The molecule has 0 saturated heterocycles. The highest BCUT2D eigenvalue weighted by Crippen LogP contribution is 2.17. The normalized spacial score (nSPS) is 14.5. The minimum atomic E-state index is -0.780. The first-order chi connectivity index (χ1) is 15.6. The lowest BCUT2D eigenvalue weighted by molar-refractivity contribution is -0.0182. The molecule has 0 rings (SSSR count). The van der Waals surface area contributed by atoms with E-state index in [4.69, 9.17) is 0 Å². The van der Waals surface area contributed by atoms with Crippen molar-refractivity contribution in [3.05, 3.63) is 0 Å². The van der Waals surface area contributed by atoms with Crippen LogP contribution in [0, 0.1) is 0 Å². The zero-order valence-electron chi connectivity index (χ0n) is 22.0. The molecule has 194 valence electrons. The van der Waals surface area contributed by atoms with Gasteiger partial charge in [0.05, 0.1) is 18.3 Å². The molecule has 0 amide bonds. The highest BCUT2D eigenvalue weighted by molar-refractivity contribution is 4.71. The third-order valence-electron chi connectivity index (χ3n) is 6.95. The van der Waals surface area contributed by atoms with E-state index in [9.17, 15) is 15.3 Å². The second-order valence-electron chi connectivity index (χ2n) is 10.3. The van der Waals surface area contributed by atoms with Gasteiger partial charge in [-0.05, 0) is 12.8 Å². The van der Waals surface area contributed by atoms with Crippen LogP contribution < -0.4 is 0 Å². The molecule has 0 aromatic rings. The highest BCUT2D eigenvalue weighted by atomic mass is 16.3. The van der Waals surface area contributed by atoms with E-state index in [1.54, 1.807) is 0 Å². The quantitative estimate of drug-likeness (QED) is 0.114. The minimum Gasteiger partial charge on any atom is -0.393 e. The van der Waals surface area contributed by atoms with Gasteiger partial charge in [0.25, 0.3) is 0 Å². The van der Waals surface area contributed by atoms with E-state index in [1.165, 1.54) is 116 Å². The molecule has 0 saturated carbocycles. The van der Waals surface area contributed by atoms with Gasteiger partial charge >= 0.3 is 0 Å². The molecule has 3 N–H and O–H groups in total. The van der Waals surface area contributed by atoms with Crippen LogP contribution in [0.15, 0.2) is 0 Å². The molecule has 0 spiro atoms. The third-order valence-corrected chi connectivity index (χ3v) is 6.95. The van der Waals surface area contributed by atoms with Gasteiger partial charge in [0, 0.05) is 6.42 Å². The van der Waals surface area contributed by atoms with Crippen molar-refractivity contribution in [3.8, 4) is 0 Å². The van der Waals surface area contributed by atoms with E-state index in [-0.39, 0.29) is 0 Å². The van der Waals surface area contributed by atoms with Gasteiger partial charge in [-0.25, -0.2) is 0 Å². The van der Waals surface area contributed by atoms with Crippen molar-refractivity contribution >= 4 is 0 Å². The van der Waals surface area contributed by atoms with Crippen molar-refractivity contribution in [2.75, 3.05) is 0 Å². The van der Waals surface area contributed by atoms with Gasteiger partial charge in [-0.2, -0.15) is 0 Å². The van der Waals surface area contributed by atoms with Crippen LogP contribution >= 0.6 is 0 Å². The maximum Gasteiger partial charge on any atom is 0.0823 e. The number of aliphatic hydroxyl groups excluding tert-OH is 3. The van der Waals surface area contributed by atoms with E-state index < -0.39 is 18.3 Å². The Hall–Kier alpha value is -0.120. The molecule has 0 heterocycles. The fourth-order valence-electron chi connectivity index (χ4n) is 4.63.